The number of benzene rings is 2. The van der Waals surface area contributed by atoms with Crippen molar-refractivity contribution >= 4 is 17.6 Å². The molecule has 0 aliphatic heterocycles. The molecule has 0 spiro atoms. The Labute approximate surface area is 153 Å². The zero-order valence-corrected chi connectivity index (χ0v) is 14.5. The Morgan fingerprint density at radius 1 is 0.963 bits per heavy atom. The van der Waals surface area contributed by atoms with Gasteiger partial charge in [0.05, 0.1) is 19.8 Å². The molecule has 0 aromatic heterocycles. The minimum absolute atomic E-state index is 0.0404. The molecular weight excluding hydrogens is 364 g/mol. The molecule has 0 aliphatic rings. The molecule has 0 heterocycles. The molecule has 27 heavy (non-hydrogen) atoms. The van der Waals surface area contributed by atoms with Gasteiger partial charge in [0.15, 0.2) is 6.61 Å². The number of nitrogens with one attached hydrogen (secondary N) is 1. The number of carbonyl (C=O) groups is 2. The first kappa shape index (κ1) is 20.0. The fourth-order valence-corrected chi connectivity index (χ4v) is 2.06. The molecule has 9 heteroatoms. The highest BCUT2D eigenvalue weighted by atomic mass is 19.3. The molecule has 2 aromatic carbocycles. The van der Waals surface area contributed by atoms with Crippen LogP contribution in [0, 0.1) is 0 Å². The van der Waals surface area contributed by atoms with Crippen molar-refractivity contribution < 1.29 is 37.3 Å². The van der Waals surface area contributed by atoms with Crippen molar-refractivity contribution in [2.75, 3.05) is 26.1 Å². The Hall–Kier alpha value is -3.36. The number of hydrogen-bond donors (Lipinski definition) is 1. The fourth-order valence-electron chi connectivity index (χ4n) is 2.06. The van der Waals surface area contributed by atoms with E-state index in [9.17, 15) is 18.4 Å². The van der Waals surface area contributed by atoms with Crippen LogP contribution in [0.25, 0.3) is 0 Å². The SMILES string of the molecule is COc1cc(OC)cc(C(=O)OCC(=O)Nc2ccc(OC(F)F)cc2)c1. The van der Waals surface area contributed by atoms with Crippen LogP contribution in [0.3, 0.4) is 0 Å². The van der Waals surface area contributed by atoms with Crippen molar-refractivity contribution in [1.29, 1.82) is 0 Å². The topological polar surface area (TPSA) is 83.1 Å². The van der Waals surface area contributed by atoms with Crippen molar-refractivity contribution in [3.63, 3.8) is 0 Å². The first-order chi connectivity index (χ1) is 12.9. The van der Waals surface area contributed by atoms with Gasteiger partial charge in [0.2, 0.25) is 0 Å². The lowest BCUT2D eigenvalue weighted by Gasteiger charge is -2.10. The van der Waals surface area contributed by atoms with Gasteiger partial charge < -0.3 is 24.3 Å². The normalized spacial score (nSPS) is 10.3. The second-order valence-corrected chi connectivity index (χ2v) is 5.13. The molecule has 0 bridgehead atoms. The number of anilines is 1. The summed E-state index contributed by atoms with van der Waals surface area (Å²) in [6.45, 7) is -3.46. The molecule has 2 rings (SSSR count). The highest BCUT2D eigenvalue weighted by Crippen LogP contribution is 2.23. The van der Waals surface area contributed by atoms with E-state index in [1.165, 1.54) is 50.6 Å². The van der Waals surface area contributed by atoms with Gasteiger partial charge in [-0.05, 0) is 36.4 Å². The molecule has 7 nitrogen and oxygen atoms in total. The summed E-state index contributed by atoms with van der Waals surface area (Å²) in [7, 11) is 2.88. The molecule has 0 saturated heterocycles. The maximum Gasteiger partial charge on any atom is 0.387 e. The van der Waals surface area contributed by atoms with Crippen LogP contribution in [0.15, 0.2) is 42.5 Å². The zero-order valence-electron chi connectivity index (χ0n) is 14.5. The van der Waals surface area contributed by atoms with Gasteiger partial charge in [-0.25, -0.2) is 4.79 Å². The van der Waals surface area contributed by atoms with Crippen LogP contribution >= 0.6 is 0 Å². The molecule has 0 saturated carbocycles. The van der Waals surface area contributed by atoms with Crippen LogP contribution in [-0.2, 0) is 9.53 Å². The van der Waals surface area contributed by atoms with Crippen molar-refractivity contribution in [3.8, 4) is 17.2 Å². The molecule has 1 amide bonds. The van der Waals surface area contributed by atoms with Gasteiger partial charge in [0.1, 0.15) is 17.2 Å². The summed E-state index contributed by atoms with van der Waals surface area (Å²) in [5, 5.41) is 2.47. The zero-order chi connectivity index (χ0) is 19.8. The highest BCUT2D eigenvalue weighted by molar-refractivity contribution is 5.95. The van der Waals surface area contributed by atoms with Gasteiger partial charge in [-0.3, -0.25) is 4.79 Å². The predicted octanol–water partition coefficient (Wildman–Crippen LogP) is 3.10. The van der Waals surface area contributed by atoms with Crippen molar-refractivity contribution in [1.82, 2.24) is 0 Å². The number of hydrogen-bond acceptors (Lipinski definition) is 6. The van der Waals surface area contributed by atoms with Crippen molar-refractivity contribution in [2.24, 2.45) is 0 Å². The van der Waals surface area contributed by atoms with E-state index in [1.54, 1.807) is 6.07 Å². The number of rotatable bonds is 8. The number of esters is 1. The van der Waals surface area contributed by atoms with Gasteiger partial charge >= 0.3 is 12.6 Å². The third kappa shape index (κ3) is 6.14. The molecule has 1 N–H and O–H groups in total. The third-order valence-electron chi connectivity index (χ3n) is 3.28. The first-order valence-electron chi connectivity index (χ1n) is 7.66. The van der Waals surface area contributed by atoms with Gasteiger partial charge in [0, 0.05) is 11.8 Å². The second kappa shape index (κ2) is 9.37. The molecule has 0 aliphatic carbocycles. The summed E-state index contributed by atoms with van der Waals surface area (Å²) < 4.78 is 43.5. The number of alkyl halides is 2. The average molecular weight is 381 g/mol. The van der Waals surface area contributed by atoms with Crippen molar-refractivity contribution in [2.45, 2.75) is 6.61 Å². The number of halogens is 2. The van der Waals surface area contributed by atoms with Crippen LogP contribution in [-0.4, -0.2) is 39.3 Å². The number of carbonyl (C=O) groups excluding carboxylic acids is 2. The lowest BCUT2D eigenvalue weighted by atomic mass is 10.2. The van der Waals surface area contributed by atoms with E-state index in [0.717, 1.165) is 0 Å². The van der Waals surface area contributed by atoms with Gasteiger partial charge in [0.25, 0.3) is 5.91 Å². The molecule has 0 unspecified atom stereocenters. The molecule has 2 aromatic rings. The van der Waals surface area contributed by atoms with E-state index in [-0.39, 0.29) is 11.3 Å². The Kier molecular flexibility index (Phi) is 6.93. The lowest BCUT2D eigenvalue weighted by molar-refractivity contribution is -0.119. The summed E-state index contributed by atoms with van der Waals surface area (Å²) in [6, 6.07) is 9.79. The van der Waals surface area contributed by atoms with Crippen LogP contribution in [0.2, 0.25) is 0 Å². The summed E-state index contributed by atoms with van der Waals surface area (Å²) in [5.74, 6) is -0.570. The van der Waals surface area contributed by atoms with Crippen LogP contribution < -0.4 is 19.5 Å². The maximum atomic E-state index is 12.1. The van der Waals surface area contributed by atoms with Crippen LogP contribution in [0.1, 0.15) is 10.4 Å². The van der Waals surface area contributed by atoms with Crippen molar-refractivity contribution in [3.05, 3.63) is 48.0 Å². The molecule has 144 valence electrons. The highest BCUT2D eigenvalue weighted by Gasteiger charge is 2.13. The quantitative estimate of drug-likeness (QED) is 0.708. The molecular formula is C18H17F2NO6. The number of amides is 1. The number of ether oxygens (including phenoxy) is 4. The van der Waals surface area contributed by atoms with E-state index in [1.807, 2.05) is 0 Å². The predicted molar refractivity (Wildman–Crippen MR) is 91.5 cm³/mol. The fraction of sp³-hybridized carbons (Fsp3) is 0.222. The molecule has 0 atom stereocenters. The van der Waals surface area contributed by atoms with Gasteiger partial charge in [-0.1, -0.05) is 0 Å². The summed E-state index contributed by atoms with van der Waals surface area (Å²) >= 11 is 0. The van der Waals surface area contributed by atoms with E-state index >= 15 is 0 Å². The van der Waals surface area contributed by atoms with E-state index in [2.05, 4.69) is 10.1 Å². The Morgan fingerprint density at radius 3 is 2.07 bits per heavy atom. The smallest absolute Gasteiger partial charge is 0.387 e. The number of methoxy groups -OCH3 is 2. The second-order valence-electron chi connectivity index (χ2n) is 5.13. The summed E-state index contributed by atoms with van der Waals surface area (Å²) in [6.07, 6.45) is 0. The van der Waals surface area contributed by atoms with E-state index in [0.29, 0.717) is 17.2 Å². The van der Waals surface area contributed by atoms with Gasteiger partial charge in [-0.15, -0.1) is 0 Å². The Bertz CT molecular complexity index is 773. The van der Waals surface area contributed by atoms with Gasteiger partial charge in [-0.2, -0.15) is 8.78 Å². The van der Waals surface area contributed by atoms with Crippen LogP contribution in [0.5, 0.6) is 17.2 Å². The average Bonchev–Trinajstić information content (AvgIpc) is 2.66. The van der Waals surface area contributed by atoms with E-state index in [4.69, 9.17) is 14.2 Å². The Morgan fingerprint density at radius 2 is 1.56 bits per heavy atom. The lowest BCUT2D eigenvalue weighted by Crippen LogP contribution is -2.21. The minimum atomic E-state index is -2.93. The molecule has 0 fully saturated rings. The largest absolute Gasteiger partial charge is 0.497 e. The first-order valence-corrected chi connectivity index (χ1v) is 7.66. The standard InChI is InChI=1S/C18H17F2NO6/c1-24-14-7-11(8-15(9-14)25-2)17(23)26-10-16(22)21-12-3-5-13(6-4-12)27-18(19)20/h3-9,18H,10H2,1-2H3,(H,21,22). The summed E-state index contributed by atoms with van der Waals surface area (Å²) in [5.41, 5.74) is 0.494. The maximum absolute atomic E-state index is 12.1. The monoisotopic (exact) mass is 381 g/mol. The third-order valence-corrected chi connectivity index (χ3v) is 3.28. The summed E-state index contributed by atoms with van der Waals surface area (Å²) in [4.78, 5) is 24.0. The minimum Gasteiger partial charge on any atom is -0.497 e. The Balaban J connectivity index is 1.90. The van der Waals surface area contributed by atoms with Crippen LogP contribution in [0.4, 0.5) is 14.5 Å². The van der Waals surface area contributed by atoms with E-state index < -0.39 is 25.1 Å². The molecule has 0 radical (unpaired) electrons.